The summed E-state index contributed by atoms with van der Waals surface area (Å²) < 4.78 is 7.69. The highest BCUT2D eigenvalue weighted by Gasteiger charge is 2.55. The average Bonchev–Trinajstić information content (AvgIpc) is 3.69. The largest absolute Gasteiger partial charge is 0.448 e. The molecule has 0 spiro atoms. The van der Waals surface area contributed by atoms with Gasteiger partial charge in [0.05, 0.1) is 0 Å². The summed E-state index contributed by atoms with van der Waals surface area (Å²) in [6.45, 7) is 0. The molecule has 0 saturated carbocycles. The monoisotopic (exact) mass is 663 g/mol. The minimum absolute atomic E-state index is 0.0760. The van der Waals surface area contributed by atoms with Crippen molar-refractivity contribution in [2.75, 3.05) is 17.2 Å². The van der Waals surface area contributed by atoms with Crippen LogP contribution in [-0.2, 0) is 26.2 Å². The van der Waals surface area contributed by atoms with Crippen molar-refractivity contribution in [1.82, 2.24) is 35.4 Å². The van der Waals surface area contributed by atoms with E-state index in [4.69, 9.17) is 10.5 Å². The van der Waals surface area contributed by atoms with Crippen molar-refractivity contribution in [3.63, 3.8) is 0 Å². The number of thiazole rings is 1. The summed E-state index contributed by atoms with van der Waals surface area (Å²) in [4.78, 5) is 46.1. The number of nitrogens with two attached hydrogens (primary N) is 1. The number of oxime groups is 1. The molecule has 1 saturated heterocycles. The molecule has 1 fully saturated rings. The predicted octanol–water partition coefficient (Wildman–Crippen LogP) is 2.21. The molecule has 2 aromatic heterocycles. The van der Waals surface area contributed by atoms with Crippen LogP contribution in [-0.4, -0.2) is 81.7 Å². The third kappa shape index (κ3) is 6.13. The van der Waals surface area contributed by atoms with E-state index in [1.807, 2.05) is 60.7 Å². The van der Waals surface area contributed by atoms with Crippen LogP contribution in [0.15, 0.2) is 87.6 Å². The van der Waals surface area contributed by atoms with E-state index in [0.717, 1.165) is 22.5 Å². The first-order chi connectivity index (χ1) is 21.9. The molecule has 4 aromatic rings. The van der Waals surface area contributed by atoms with Crippen LogP contribution in [0.4, 0.5) is 5.13 Å². The van der Waals surface area contributed by atoms with Gasteiger partial charge in [0, 0.05) is 23.9 Å². The second kappa shape index (κ2) is 13.1. The maximum absolute atomic E-state index is 14.1. The van der Waals surface area contributed by atoms with E-state index in [-0.39, 0.29) is 22.2 Å². The van der Waals surface area contributed by atoms with Crippen LogP contribution in [0.3, 0.4) is 0 Å². The van der Waals surface area contributed by atoms with E-state index in [0.29, 0.717) is 22.2 Å². The summed E-state index contributed by atoms with van der Waals surface area (Å²) in [7, 11) is 1.71. The molecule has 17 heteroatoms. The van der Waals surface area contributed by atoms with E-state index in [1.165, 1.54) is 38.5 Å². The number of esters is 1. The molecule has 14 nitrogen and oxygen atoms in total. The maximum atomic E-state index is 14.1. The SMILES string of the molecule is Cn1nnnc1SCC1=C(C(=O)OC(c2ccccc2)c2ccccc2)N2C(=O)C(NC(=O)C(=NO)c3csc(N)n3)[C@@H]2SC1. The third-order valence-electron chi connectivity index (χ3n) is 6.99. The molecule has 45 heavy (non-hydrogen) atoms. The van der Waals surface area contributed by atoms with Gasteiger partial charge in [-0.25, -0.2) is 14.5 Å². The van der Waals surface area contributed by atoms with Crippen LogP contribution in [0.25, 0.3) is 0 Å². The van der Waals surface area contributed by atoms with Crippen molar-refractivity contribution in [3.05, 3.63) is 94.1 Å². The highest BCUT2D eigenvalue weighted by atomic mass is 32.2. The van der Waals surface area contributed by atoms with E-state index in [1.54, 1.807) is 7.05 Å². The molecule has 1 unspecified atom stereocenters. The van der Waals surface area contributed by atoms with Crippen LogP contribution in [0.1, 0.15) is 22.9 Å². The van der Waals surface area contributed by atoms with Crippen LogP contribution in [0, 0.1) is 0 Å². The molecule has 4 N–H and O–H groups in total. The molecule has 2 aliphatic rings. The standard InChI is InChI=1S/C28H25N9O5S3/c1-36-28(32-34-35-36)45-13-17-12-43-25-20(31-23(38)19(33-41)18-14-44-27(29)30-18)24(39)37(25)21(17)26(40)42-22(15-8-4-2-5-9-15)16-10-6-3-7-11-16/h2-11,14,20,22,25,41H,12-13H2,1H3,(H2,29,30)(H,31,38)/t20?,25-/m0/s1. The Morgan fingerprint density at radius 2 is 1.87 bits per heavy atom. The number of ether oxygens (including phenoxy) is 1. The van der Waals surface area contributed by atoms with Gasteiger partial charge in [-0.3, -0.25) is 14.5 Å². The molecule has 2 aromatic carbocycles. The number of hydrogen-bond donors (Lipinski definition) is 3. The number of nitrogens with one attached hydrogen (secondary N) is 1. The number of aryl methyl sites for hydroxylation is 1. The fourth-order valence-electron chi connectivity index (χ4n) is 4.84. The lowest BCUT2D eigenvalue weighted by Gasteiger charge is -2.49. The summed E-state index contributed by atoms with van der Waals surface area (Å²) in [6, 6.07) is 17.7. The molecule has 0 radical (unpaired) electrons. The Hall–Kier alpha value is -4.74. The lowest BCUT2D eigenvalue weighted by atomic mass is 10.0. The van der Waals surface area contributed by atoms with Crippen LogP contribution >= 0.6 is 34.9 Å². The number of carbonyl (C=O) groups is 3. The van der Waals surface area contributed by atoms with Crippen molar-refractivity contribution >= 4 is 63.5 Å². The molecule has 0 bridgehead atoms. The van der Waals surface area contributed by atoms with E-state index in [2.05, 4.69) is 31.0 Å². The number of hydrogen-bond acceptors (Lipinski definition) is 14. The zero-order valence-electron chi connectivity index (χ0n) is 23.5. The van der Waals surface area contributed by atoms with Crippen molar-refractivity contribution in [1.29, 1.82) is 0 Å². The number of nitrogen functional groups attached to an aromatic ring is 1. The van der Waals surface area contributed by atoms with E-state index >= 15 is 0 Å². The number of fused-ring (bicyclic) bond motifs is 1. The first kappa shape index (κ1) is 30.3. The Bertz CT molecular complexity index is 1760. The maximum Gasteiger partial charge on any atom is 0.356 e. The zero-order chi connectivity index (χ0) is 31.5. The van der Waals surface area contributed by atoms with Gasteiger partial charge in [0.15, 0.2) is 16.9 Å². The molecule has 0 aliphatic carbocycles. The fourth-order valence-corrected chi connectivity index (χ4v) is 7.73. The molecule has 2 atom stereocenters. The number of β-lactam (4-membered cyclic amide) rings is 1. The van der Waals surface area contributed by atoms with Gasteiger partial charge >= 0.3 is 5.97 Å². The minimum Gasteiger partial charge on any atom is -0.448 e. The normalized spacial score (nSPS) is 18.0. The molecular weight excluding hydrogens is 639 g/mol. The number of carbonyl (C=O) groups excluding carboxylic acids is 3. The van der Waals surface area contributed by atoms with Gasteiger partial charge in [0.2, 0.25) is 5.16 Å². The summed E-state index contributed by atoms with van der Waals surface area (Å²) in [5.41, 5.74) is 7.64. The number of anilines is 1. The Morgan fingerprint density at radius 3 is 2.44 bits per heavy atom. The Morgan fingerprint density at radius 1 is 1.18 bits per heavy atom. The molecule has 230 valence electrons. The lowest BCUT2D eigenvalue weighted by Crippen LogP contribution is -2.71. The quantitative estimate of drug-likeness (QED) is 0.0561. The highest BCUT2D eigenvalue weighted by Crippen LogP contribution is 2.42. The molecule has 2 amide bonds. The third-order valence-corrected chi connectivity index (χ3v) is 10.1. The Labute approximate surface area is 268 Å². The van der Waals surface area contributed by atoms with Crippen molar-refractivity contribution in [2.24, 2.45) is 12.2 Å². The second-order valence-corrected chi connectivity index (χ2v) is 12.8. The number of benzene rings is 2. The smallest absolute Gasteiger partial charge is 0.356 e. The minimum atomic E-state index is -0.991. The zero-order valence-corrected chi connectivity index (χ0v) is 26.0. The molecule has 6 rings (SSSR count). The number of thioether (sulfide) groups is 2. The van der Waals surface area contributed by atoms with Crippen molar-refractivity contribution < 1.29 is 24.3 Å². The van der Waals surface area contributed by atoms with E-state index < -0.39 is 35.3 Å². The first-order valence-corrected chi connectivity index (χ1v) is 16.3. The number of rotatable bonds is 10. The topological polar surface area (TPSA) is 191 Å². The van der Waals surface area contributed by atoms with Gasteiger partial charge in [-0.1, -0.05) is 77.6 Å². The number of amides is 2. The van der Waals surface area contributed by atoms with Crippen molar-refractivity contribution in [3.8, 4) is 0 Å². The summed E-state index contributed by atoms with van der Waals surface area (Å²) in [5, 5.41) is 28.3. The molecule has 2 aliphatic heterocycles. The lowest BCUT2D eigenvalue weighted by molar-refractivity contribution is -0.154. The van der Waals surface area contributed by atoms with Gasteiger partial charge in [-0.05, 0) is 27.1 Å². The van der Waals surface area contributed by atoms with Crippen LogP contribution < -0.4 is 11.1 Å². The first-order valence-electron chi connectivity index (χ1n) is 13.4. The van der Waals surface area contributed by atoms with Crippen molar-refractivity contribution in [2.45, 2.75) is 22.7 Å². The summed E-state index contributed by atoms with van der Waals surface area (Å²) in [6.07, 6.45) is -0.738. The fraction of sp³-hybridized carbons (Fsp3) is 0.214. The Kier molecular flexibility index (Phi) is 8.81. The molecular formula is C28H25N9O5S3. The van der Waals surface area contributed by atoms with Gasteiger partial charge < -0.3 is 21.0 Å². The van der Waals surface area contributed by atoms with Gasteiger partial charge in [0.25, 0.3) is 11.8 Å². The number of tetrazole rings is 1. The average molecular weight is 664 g/mol. The second-order valence-electron chi connectivity index (χ2n) is 9.81. The van der Waals surface area contributed by atoms with E-state index in [9.17, 15) is 19.6 Å². The van der Waals surface area contributed by atoms with Gasteiger partial charge in [-0.2, -0.15) is 0 Å². The van der Waals surface area contributed by atoms with Gasteiger partial charge in [-0.15, -0.1) is 28.2 Å². The highest BCUT2D eigenvalue weighted by molar-refractivity contribution is 8.01. The Balaban J connectivity index is 1.28. The van der Waals surface area contributed by atoms with Crippen LogP contribution in [0.5, 0.6) is 0 Å². The summed E-state index contributed by atoms with van der Waals surface area (Å²) in [5.74, 6) is -1.32. The van der Waals surface area contributed by atoms with Crippen LogP contribution in [0.2, 0.25) is 0 Å². The van der Waals surface area contributed by atoms with Gasteiger partial charge in [0.1, 0.15) is 22.8 Å². The molecule has 4 heterocycles. The summed E-state index contributed by atoms with van der Waals surface area (Å²) >= 11 is 3.78. The number of aromatic nitrogens is 5. The number of nitrogens with zero attached hydrogens (tertiary/aromatic N) is 7. The predicted molar refractivity (Wildman–Crippen MR) is 167 cm³/mol.